The topological polar surface area (TPSA) is 38.3 Å². The number of nitrogens with one attached hydrogen (secondary N) is 1. The zero-order chi connectivity index (χ0) is 14.4. The number of ether oxygens (including phenoxy) is 1. The monoisotopic (exact) mass is 275 g/mol. The predicted molar refractivity (Wildman–Crippen MR) is 80.7 cm³/mol. The van der Waals surface area contributed by atoms with Gasteiger partial charge in [0.05, 0.1) is 7.11 Å². The molecular weight excluding hydrogens is 250 g/mol. The summed E-state index contributed by atoms with van der Waals surface area (Å²) < 4.78 is 4.96. The third-order valence-corrected chi connectivity index (χ3v) is 4.24. The van der Waals surface area contributed by atoms with Crippen molar-refractivity contribution in [3.63, 3.8) is 0 Å². The van der Waals surface area contributed by atoms with Gasteiger partial charge in [-0.1, -0.05) is 50.1 Å². The van der Waals surface area contributed by atoms with Gasteiger partial charge in [-0.3, -0.25) is 4.79 Å². The molecule has 3 nitrogen and oxygen atoms in total. The lowest BCUT2D eigenvalue weighted by molar-refractivity contribution is -0.143. The smallest absolute Gasteiger partial charge is 0.322 e. The molecule has 0 bridgehead atoms. The van der Waals surface area contributed by atoms with Gasteiger partial charge < -0.3 is 10.1 Å². The van der Waals surface area contributed by atoms with Gasteiger partial charge >= 0.3 is 5.97 Å². The van der Waals surface area contributed by atoms with Gasteiger partial charge in [-0.05, 0) is 30.7 Å². The molecule has 2 rings (SSSR count). The van der Waals surface area contributed by atoms with E-state index in [0.717, 1.165) is 6.42 Å². The molecule has 2 unspecified atom stereocenters. The average Bonchev–Trinajstić information content (AvgIpc) is 2.99. The molecule has 20 heavy (non-hydrogen) atoms. The van der Waals surface area contributed by atoms with Crippen molar-refractivity contribution < 1.29 is 9.53 Å². The van der Waals surface area contributed by atoms with Crippen LogP contribution in [0.5, 0.6) is 0 Å². The van der Waals surface area contributed by atoms with Crippen LogP contribution >= 0.6 is 0 Å². The van der Waals surface area contributed by atoms with Crippen LogP contribution in [0.2, 0.25) is 0 Å². The average molecular weight is 275 g/mol. The first-order valence-corrected chi connectivity index (χ1v) is 7.59. The molecule has 1 aromatic rings. The number of esters is 1. The highest BCUT2D eigenvalue weighted by Crippen LogP contribution is 2.23. The Labute approximate surface area is 121 Å². The summed E-state index contributed by atoms with van der Waals surface area (Å²) in [6.07, 6.45) is 5.66. The third kappa shape index (κ3) is 4.07. The highest BCUT2D eigenvalue weighted by molar-refractivity contribution is 5.75. The molecule has 110 valence electrons. The molecule has 1 aromatic carbocycles. The lowest BCUT2D eigenvalue weighted by Crippen LogP contribution is -2.43. The van der Waals surface area contributed by atoms with Crippen molar-refractivity contribution in [1.82, 2.24) is 5.32 Å². The maximum absolute atomic E-state index is 12.0. The normalized spacial score (nSPS) is 18.7. The van der Waals surface area contributed by atoms with E-state index in [0.29, 0.717) is 12.0 Å². The number of hydrogen-bond acceptors (Lipinski definition) is 3. The summed E-state index contributed by atoms with van der Waals surface area (Å²) in [5, 5.41) is 3.49. The molecule has 1 aliphatic rings. The second-order valence-corrected chi connectivity index (χ2v) is 5.77. The van der Waals surface area contributed by atoms with Crippen LogP contribution in [0, 0.1) is 0 Å². The largest absolute Gasteiger partial charge is 0.468 e. The van der Waals surface area contributed by atoms with Crippen molar-refractivity contribution in [2.45, 2.75) is 57.0 Å². The van der Waals surface area contributed by atoms with E-state index in [1.165, 1.54) is 38.4 Å². The number of carbonyl (C=O) groups is 1. The molecule has 0 spiro atoms. The molecule has 1 saturated carbocycles. The van der Waals surface area contributed by atoms with Gasteiger partial charge in [0.1, 0.15) is 6.04 Å². The Kier molecular flexibility index (Phi) is 5.60. The zero-order valence-electron chi connectivity index (χ0n) is 12.5. The van der Waals surface area contributed by atoms with E-state index >= 15 is 0 Å². The molecule has 0 amide bonds. The SMILES string of the molecule is COC(=O)C(CC(C)c1ccccc1)NC1CCCC1. The minimum Gasteiger partial charge on any atom is -0.468 e. The Morgan fingerprint density at radius 3 is 2.55 bits per heavy atom. The van der Waals surface area contributed by atoms with E-state index in [2.05, 4.69) is 24.4 Å². The standard InChI is InChI=1S/C17H25NO2/c1-13(14-8-4-3-5-9-14)12-16(17(19)20-2)18-15-10-6-7-11-15/h3-5,8-9,13,15-16,18H,6-7,10-12H2,1-2H3. The molecule has 2 atom stereocenters. The van der Waals surface area contributed by atoms with Crippen LogP contribution in [0.25, 0.3) is 0 Å². The molecule has 1 fully saturated rings. The molecule has 0 aromatic heterocycles. The maximum atomic E-state index is 12.0. The fraction of sp³-hybridized carbons (Fsp3) is 0.588. The number of carbonyl (C=O) groups excluding carboxylic acids is 1. The molecular formula is C17H25NO2. The van der Waals surface area contributed by atoms with Gasteiger partial charge in [-0.15, -0.1) is 0 Å². The van der Waals surface area contributed by atoms with E-state index in [-0.39, 0.29) is 12.0 Å². The van der Waals surface area contributed by atoms with Crippen LogP contribution in [0.15, 0.2) is 30.3 Å². The summed E-state index contributed by atoms with van der Waals surface area (Å²) in [6, 6.07) is 10.6. The van der Waals surface area contributed by atoms with E-state index in [1.807, 2.05) is 18.2 Å². The van der Waals surface area contributed by atoms with Crippen molar-refractivity contribution in [3.05, 3.63) is 35.9 Å². The molecule has 0 aliphatic heterocycles. The Morgan fingerprint density at radius 1 is 1.30 bits per heavy atom. The number of rotatable bonds is 6. The highest BCUT2D eigenvalue weighted by Gasteiger charge is 2.26. The van der Waals surface area contributed by atoms with Gasteiger partial charge in [0.15, 0.2) is 0 Å². The third-order valence-electron chi connectivity index (χ3n) is 4.24. The summed E-state index contributed by atoms with van der Waals surface area (Å²) >= 11 is 0. The van der Waals surface area contributed by atoms with Crippen LogP contribution in [0.1, 0.15) is 50.5 Å². The van der Waals surface area contributed by atoms with Crippen molar-refractivity contribution >= 4 is 5.97 Å². The van der Waals surface area contributed by atoms with Crippen molar-refractivity contribution in [2.75, 3.05) is 7.11 Å². The predicted octanol–water partition coefficient (Wildman–Crippen LogP) is 3.25. The summed E-state index contributed by atoms with van der Waals surface area (Å²) in [4.78, 5) is 12.0. The van der Waals surface area contributed by atoms with Crippen molar-refractivity contribution in [1.29, 1.82) is 0 Å². The lowest BCUT2D eigenvalue weighted by atomic mass is 9.93. The van der Waals surface area contributed by atoms with Crippen LogP contribution in [-0.4, -0.2) is 25.2 Å². The minimum atomic E-state index is -0.196. The summed E-state index contributed by atoms with van der Waals surface area (Å²) in [5.74, 6) is 0.203. The fourth-order valence-electron chi connectivity index (χ4n) is 3.02. The first kappa shape index (κ1) is 15.0. The Hall–Kier alpha value is -1.35. The Morgan fingerprint density at radius 2 is 1.95 bits per heavy atom. The first-order chi connectivity index (χ1) is 9.70. The molecule has 1 aliphatic carbocycles. The maximum Gasteiger partial charge on any atom is 0.322 e. The van der Waals surface area contributed by atoms with Gasteiger partial charge in [-0.25, -0.2) is 0 Å². The summed E-state index contributed by atoms with van der Waals surface area (Å²) in [6.45, 7) is 2.17. The quantitative estimate of drug-likeness (QED) is 0.810. The minimum absolute atomic E-state index is 0.139. The van der Waals surface area contributed by atoms with Gasteiger partial charge in [0.2, 0.25) is 0 Å². The molecule has 0 saturated heterocycles. The number of benzene rings is 1. The fourth-order valence-corrected chi connectivity index (χ4v) is 3.02. The van der Waals surface area contributed by atoms with Gasteiger partial charge in [0.25, 0.3) is 0 Å². The number of hydrogen-bond donors (Lipinski definition) is 1. The van der Waals surface area contributed by atoms with Crippen molar-refractivity contribution in [3.8, 4) is 0 Å². The first-order valence-electron chi connectivity index (χ1n) is 7.59. The van der Waals surface area contributed by atoms with Gasteiger partial charge in [-0.2, -0.15) is 0 Å². The highest BCUT2D eigenvalue weighted by atomic mass is 16.5. The summed E-state index contributed by atoms with van der Waals surface area (Å²) in [7, 11) is 1.47. The molecule has 0 radical (unpaired) electrons. The van der Waals surface area contributed by atoms with E-state index in [1.54, 1.807) is 0 Å². The Bertz CT molecular complexity index is 412. The van der Waals surface area contributed by atoms with E-state index in [9.17, 15) is 4.79 Å². The zero-order valence-corrected chi connectivity index (χ0v) is 12.5. The second-order valence-electron chi connectivity index (χ2n) is 5.77. The van der Waals surface area contributed by atoms with Crippen LogP contribution < -0.4 is 5.32 Å². The molecule has 3 heteroatoms. The van der Waals surface area contributed by atoms with Crippen LogP contribution in [0.4, 0.5) is 0 Å². The van der Waals surface area contributed by atoms with E-state index in [4.69, 9.17) is 4.74 Å². The number of methoxy groups -OCH3 is 1. The Balaban J connectivity index is 1.97. The summed E-state index contributed by atoms with van der Waals surface area (Å²) in [5.41, 5.74) is 1.27. The van der Waals surface area contributed by atoms with Crippen molar-refractivity contribution in [2.24, 2.45) is 0 Å². The second kappa shape index (κ2) is 7.44. The van der Waals surface area contributed by atoms with Gasteiger partial charge in [0, 0.05) is 6.04 Å². The lowest BCUT2D eigenvalue weighted by Gasteiger charge is -2.24. The van der Waals surface area contributed by atoms with Crippen LogP contribution in [-0.2, 0) is 9.53 Å². The van der Waals surface area contributed by atoms with Crippen LogP contribution in [0.3, 0.4) is 0 Å². The molecule has 0 heterocycles. The molecule has 1 N–H and O–H groups in total. The van der Waals surface area contributed by atoms with E-state index < -0.39 is 0 Å².